The summed E-state index contributed by atoms with van der Waals surface area (Å²) >= 11 is 7.73. The highest BCUT2D eigenvalue weighted by Crippen LogP contribution is 2.28. The SMILES string of the molecule is CCc1ccccc1-n1nnc(C(=O)Nc2nc(C)c(Cc3ccccc3Cl)s2)c1C. The predicted molar refractivity (Wildman–Crippen MR) is 125 cm³/mol. The third-order valence-electron chi connectivity index (χ3n) is 5.13. The molecule has 0 unspecified atom stereocenters. The Bertz CT molecular complexity index is 1250. The normalized spacial score (nSPS) is 11.0. The van der Waals surface area contributed by atoms with Crippen LogP contribution in [0.4, 0.5) is 5.13 Å². The molecule has 0 saturated carbocycles. The number of benzene rings is 2. The van der Waals surface area contributed by atoms with Crippen LogP contribution in [-0.4, -0.2) is 25.9 Å². The Labute approximate surface area is 189 Å². The third-order valence-corrected chi connectivity index (χ3v) is 6.57. The molecule has 158 valence electrons. The number of hydrogen-bond acceptors (Lipinski definition) is 5. The fourth-order valence-corrected chi connectivity index (χ4v) is 4.58. The molecule has 0 radical (unpaired) electrons. The van der Waals surface area contributed by atoms with Gasteiger partial charge in [-0.1, -0.05) is 60.1 Å². The van der Waals surface area contributed by atoms with Crippen LogP contribution in [0.1, 0.15) is 44.8 Å². The van der Waals surface area contributed by atoms with E-state index in [-0.39, 0.29) is 11.6 Å². The van der Waals surface area contributed by atoms with Gasteiger partial charge in [0.05, 0.1) is 17.1 Å². The maximum absolute atomic E-state index is 12.9. The van der Waals surface area contributed by atoms with Gasteiger partial charge < -0.3 is 0 Å². The summed E-state index contributed by atoms with van der Waals surface area (Å²) in [6, 6.07) is 15.7. The number of thiazole rings is 1. The number of para-hydroxylation sites is 1. The van der Waals surface area contributed by atoms with Crippen LogP contribution >= 0.6 is 22.9 Å². The largest absolute Gasteiger partial charge is 0.296 e. The molecule has 4 aromatic rings. The first-order valence-corrected chi connectivity index (χ1v) is 11.2. The number of nitrogens with zero attached hydrogens (tertiary/aromatic N) is 4. The third kappa shape index (κ3) is 4.38. The van der Waals surface area contributed by atoms with Crippen molar-refractivity contribution < 1.29 is 4.79 Å². The highest BCUT2D eigenvalue weighted by molar-refractivity contribution is 7.15. The lowest BCUT2D eigenvalue weighted by Gasteiger charge is -2.08. The van der Waals surface area contributed by atoms with Crippen molar-refractivity contribution in [2.45, 2.75) is 33.6 Å². The van der Waals surface area contributed by atoms with Crippen LogP contribution in [-0.2, 0) is 12.8 Å². The Balaban J connectivity index is 1.54. The van der Waals surface area contributed by atoms with Crippen molar-refractivity contribution in [1.29, 1.82) is 0 Å². The number of amides is 1. The zero-order chi connectivity index (χ0) is 22.0. The first-order valence-electron chi connectivity index (χ1n) is 9.99. The topological polar surface area (TPSA) is 72.7 Å². The number of anilines is 1. The van der Waals surface area contributed by atoms with Gasteiger partial charge in [-0.2, -0.15) is 0 Å². The smallest absolute Gasteiger partial charge is 0.279 e. The lowest BCUT2D eigenvalue weighted by Crippen LogP contribution is -2.14. The van der Waals surface area contributed by atoms with E-state index < -0.39 is 0 Å². The molecule has 31 heavy (non-hydrogen) atoms. The second-order valence-corrected chi connectivity index (χ2v) is 8.66. The van der Waals surface area contributed by atoms with Gasteiger partial charge in [0.15, 0.2) is 10.8 Å². The van der Waals surface area contributed by atoms with Gasteiger partial charge in [-0.15, -0.1) is 16.4 Å². The van der Waals surface area contributed by atoms with Crippen molar-refractivity contribution in [1.82, 2.24) is 20.0 Å². The average molecular weight is 452 g/mol. The minimum atomic E-state index is -0.323. The minimum Gasteiger partial charge on any atom is -0.296 e. The number of halogens is 1. The molecule has 6 nitrogen and oxygen atoms in total. The zero-order valence-electron chi connectivity index (χ0n) is 17.5. The summed E-state index contributed by atoms with van der Waals surface area (Å²) in [4.78, 5) is 18.5. The molecule has 1 amide bonds. The van der Waals surface area contributed by atoms with E-state index in [4.69, 9.17) is 11.6 Å². The Hall–Kier alpha value is -3.03. The molecule has 0 saturated heterocycles. The number of carbonyl (C=O) groups excluding carboxylic acids is 1. The van der Waals surface area contributed by atoms with Crippen LogP contribution in [0.3, 0.4) is 0 Å². The van der Waals surface area contributed by atoms with E-state index in [9.17, 15) is 4.79 Å². The Morgan fingerprint density at radius 3 is 2.55 bits per heavy atom. The Kier molecular flexibility index (Phi) is 6.15. The van der Waals surface area contributed by atoms with Gasteiger partial charge in [0.25, 0.3) is 5.91 Å². The molecule has 0 fully saturated rings. The quantitative estimate of drug-likeness (QED) is 0.426. The van der Waals surface area contributed by atoms with E-state index in [1.54, 1.807) is 4.68 Å². The van der Waals surface area contributed by atoms with Gasteiger partial charge in [0, 0.05) is 16.3 Å². The maximum atomic E-state index is 12.9. The molecule has 8 heteroatoms. The fourth-order valence-electron chi connectivity index (χ4n) is 3.40. The molecular formula is C23H22ClN5OS. The molecule has 0 bridgehead atoms. The molecule has 0 spiro atoms. The average Bonchev–Trinajstić information content (AvgIpc) is 3.31. The summed E-state index contributed by atoms with van der Waals surface area (Å²) in [5.41, 5.74) is 4.94. The van der Waals surface area contributed by atoms with Gasteiger partial charge >= 0.3 is 0 Å². The first-order chi connectivity index (χ1) is 15.0. The molecule has 2 aromatic heterocycles. The molecule has 1 N–H and O–H groups in total. The molecule has 2 aromatic carbocycles. The lowest BCUT2D eigenvalue weighted by atomic mass is 10.1. The number of rotatable bonds is 6. The Morgan fingerprint density at radius 2 is 1.81 bits per heavy atom. The molecule has 0 aliphatic carbocycles. The standard InChI is InChI=1S/C23H22ClN5OS/c1-4-16-9-6-8-12-19(16)29-15(3)21(27-28-29)22(30)26-23-25-14(2)20(31-23)13-17-10-5-7-11-18(17)24/h5-12H,4,13H2,1-3H3,(H,25,26,30). The summed E-state index contributed by atoms with van der Waals surface area (Å²) in [5.74, 6) is -0.323. The van der Waals surface area contributed by atoms with Gasteiger partial charge in [0.2, 0.25) is 0 Å². The number of aromatic nitrogens is 4. The van der Waals surface area contributed by atoms with E-state index in [0.717, 1.165) is 38.8 Å². The zero-order valence-corrected chi connectivity index (χ0v) is 19.1. The monoisotopic (exact) mass is 451 g/mol. The molecule has 0 atom stereocenters. The van der Waals surface area contributed by atoms with Crippen LogP contribution in [0.25, 0.3) is 5.69 Å². The van der Waals surface area contributed by atoms with Crippen LogP contribution in [0, 0.1) is 13.8 Å². The summed E-state index contributed by atoms with van der Waals surface area (Å²) in [7, 11) is 0. The van der Waals surface area contributed by atoms with Crippen LogP contribution in [0.15, 0.2) is 48.5 Å². The summed E-state index contributed by atoms with van der Waals surface area (Å²) in [5, 5.41) is 12.5. The number of nitrogens with one attached hydrogen (secondary N) is 1. The van der Waals surface area contributed by atoms with E-state index in [2.05, 4.69) is 33.6 Å². The molecule has 0 aliphatic rings. The van der Waals surface area contributed by atoms with Crippen molar-refractivity contribution in [2.75, 3.05) is 5.32 Å². The van der Waals surface area contributed by atoms with Gasteiger partial charge in [-0.05, 0) is 43.5 Å². The van der Waals surface area contributed by atoms with Gasteiger partial charge in [0.1, 0.15) is 0 Å². The predicted octanol–water partition coefficient (Wildman–Crippen LogP) is 5.40. The van der Waals surface area contributed by atoms with Crippen molar-refractivity contribution >= 4 is 34.0 Å². The molecule has 2 heterocycles. The van der Waals surface area contributed by atoms with Crippen molar-refractivity contribution in [3.63, 3.8) is 0 Å². The second-order valence-electron chi connectivity index (χ2n) is 7.17. The van der Waals surface area contributed by atoms with Gasteiger partial charge in [-0.3, -0.25) is 10.1 Å². The van der Waals surface area contributed by atoms with E-state index in [1.807, 2.05) is 56.3 Å². The molecule has 4 rings (SSSR count). The van der Waals surface area contributed by atoms with Gasteiger partial charge in [-0.25, -0.2) is 9.67 Å². The number of aryl methyl sites for hydroxylation is 2. The summed E-state index contributed by atoms with van der Waals surface area (Å²) in [6.07, 6.45) is 1.53. The van der Waals surface area contributed by atoms with E-state index in [1.165, 1.54) is 11.3 Å². The van der Waals surface area contributed by atoms with Crippen LogP contribution < -0.4 is 5.32 Å². The van der Waals surface area contributed by atoms with Crippen LogP contribution in [0.5, 0.6) is 0 Å². The summed E-state index contributed by atoms with van der Waals surface area (Å²) < 4.78 is 1.71. The lowest BCUT2D eigenvalue weighted by molar-refractivity contribution is 0.102. The Morgan fingerprint density at radius 1 is 1.10 bits per heavy atom. The van der Waals surface area contributed by atoms with Crippen molar-refractivity contribution in [2.24, 2.45) is 0 Å². The minimum absolute atomic E-state index is 0.284. The van der Waals surface area contributed by atoms with E-state index >= 15 is 0 Å². The molecule has 0 aliphatic heterocycles. The number of carbonyl (C=O) groups is 1. The maximum Gasteiger partial charge on any atom is 0.279 e. The molecular weight excluding hydrogens is 430 g/mol. The second kappa shape index (κ2) is 8.99. The number of hydrogen-bond donors (Lipinski definition) is 1. The first kappa shape index (κ1) is 21.2. The summed E-state index contributed by atoms with van der Waals surface area (Å²) in [6.45, 7) is 5.86. The highest BCUT2D eigenvalue weighted by atomic mass is 35.5. The van der Waals surface area contributed by atoms with Crippen molar-refractivity contribution in [3.8, 4) is 5.69 Å². The van der Waals surface area contributed by atoms with Crippen molar-refractivity contribution in [3.05, 3.63) is 86.6 Å². The van der Waals surface area contributed by atoms with E-state index in [0.29, 0.717) is 17.2 Å². The fraction of sp³-hybridized carbons (Fsp3) is 0.217. The highest BCUT2D eigenvalue weighted by Gasteiger charge is 2.20. The van der Waals surface area contributed by atoms with Crippen LogP contribution in [0.2, 0.25) is 5.02 Å².